The fraction of sp³-hybridized carbons (Fsp3) is 0.579. The minimum absolute atomic E-state index is 0.0512. The molecule has 1 atom stereocenters. The SMILES string of the molecule is Cc1ccc(Cl)cc1N1C(=O)CN(S(C)(=O)=O)CC1(C)C(=O)NC1CCCC1. The Bertz CT molecular complexity index is 898. The number of amides is 2. The second-order valence-electron chi connectivity index (χ2n) is 7.92. The van der Waals surface area contributed by atoms with Crippen molar-refractivity contribution in [1.82, 2.24) is 9.62 Å². The Morgan fingerprint density at radius 2 is 1.93 bits per heavy atom. The monoisotopic (exact) mass is 427 g/mol. The number of carbonyl (C=O) groups excluding carboxylic acids is 2. The molecular formula is C19H26ClN3O4S. The average molecular weight is 428 g/mol. The number of nitrogens with zero attached hydrogens (tertiary/aromatic N) is 2. The largest absolute Gasteiger partial charge is 0.351 e. The van der Waals surface area contributed by atoms with E-state index in [1.807, 2.05) is 6.92 Å². The zero-order valence-electron chi connectivity index (χ0n) is 16.4. The van der Waals surface area contributed by atoms with E-state index < -0.39 is 21.5 Å². The number of anilines is 1. The maximum absolute atomic E-state index is 13.3. The molecule has 2 fully saturated rings. The van der Waals surface area contributed by atoms with Crippen LogP contribution in [0.2, 0.25) is 5.02 Å². The van der Waals surface area contributed by atoms with Crippen molar-refractivity contribution in [2.24, 2.45) is 0 Å². The first-order valence-electron chi connectivity index (χ1n) is 9.37. The number of aryl methyl sites for hydroxylation is 1. The summed E-state index contributed by atoms with van der Waals surface area (Å²) in [5, 5.41) is 3.47. The van der Waals surface area contributed by atoms with Crippen LogP contribution >= 0.6 is 11.6 Å². The van der Waals surface area contributed by atoms with Gasteiger partial charge in [-0.15, -0.1) is 0 Å². The molecule has 1 saturated heterocycles. The lowest BCUT2D eigenvalue weighted by atomic mass is 9.93. The molecule has 154 valence electrons. The summed E-state index contributed by atoms with van der Waals surface area (Å²) in [4.78, 5) is 27.8. The lowest BCUT2D eigenvalue weighted by Gasteiger charge is -2.47. The van der Waals surface area contributed by atoms with Gasteiger partial charge in [-0.2, -0.15) is 4.31 Å². The summed E-state index contributed by atoms with van der Waals surface area (Å²) in [5.41, 5.74) is -0.0728. The topological polar surface area (TPSA) is 86.8 Å². The molecule has 0 aromatic heterocycles. The van der Waals surface area contributed by atoms with Gasteiger partial charge in [0.2, 0.25) is 21.8 Å². The lowest BCUT2D eigenvalue weighted by Crippen LogP contribution is -2.70. The summed E-state index contributed by atoms with van der Waals surface area (Å²) in [6, 6.07) is 5.19. The Morgan fingerprint density at radius 1 is 1.29 bits per heavy atom. The van der Waals surface area contributed by atoms with Crippen LogP contribution in [-0.2, 0) is 19.6 Å². The number of rotatable bonds is 4. The third kappa shape index (κ3) is 4.04. The molecule has 3 rings (SSSR count). The Kier molecular flexibility index (Phi) is 5.76. The molecule has 1 heterocycles. The summed E-state index contributed by atoms with van der Waals surface area (Å²) in [5.74, 6) is -0.799. The molecule has 1 unspecified atom stereocenters. The first-order chi connectivity index (χ1) is 13.0. The number of piperazine rings is 1. The molecule has 1 aliphatic heterocycles. The number of halogens is 1. The maximum atomic E-state index is 13.3. The van der Waals surface area contributed by atoms with Crippen LogP contribution in [0.15, 0.2) is 18.2 Å². The average Bonchev–Trinajstić information content (AvgIpc) is 3.09. The van der Waals surface area contributed by atoms with E-state index in [0.717, 1.165) is 41.8 Å². The van der Waals surface area contributed by atoms with Crippen LogP contribution in [0.5, 0.6) is 0 Å². The molecule has 1 aromatic carbocycles. The molecule has 1 aliphatic carbocycles. The normalized spacial score (nSPS) is 24.6. The highest BCUT2D eigenvalue weighted by molar-refractivity contribution is 7.88. The summed E-state index contributed by atoms with van der Waals surface area (Å²) in [6.07, 6.45) is 4.93. The van der Waals surface area contributed by atoms with Crippen LogP contribution in [0, 0.1) is 6.92 Å². The van der Waals surface area contributed by atoms with Gasteiger partial charge in [0.05, 0.1) is 12.8 Å². The van der Waals surface area contributed by atoms with E-state index in [0.29, 0.717) is 10.7 Å². The van der Waals surface area contributed by atoms with Crippen LogP contribution in [0.4, 0.5) is 5.69 Å². The van der Waals surface area contributed by atoms with Crippen LogP contribution in [-0.4, -0.2) is 55.5 Å². The minimum Gasteiger partial charge on any atom is -0.351 e. The van der Waals surface area contributed by atoms with Crippen LogP contribution in [0.3, 0.4) is 0 Å². The molecule has 0 radical (unpaired) electrons. The second kappa shape index (κ2) is 7.65. The fourth-order valence-corrected chi connectivity index (χ4v) is 5.01. The zero-order valence-corrected chi connectivity index (χ0v) is 17.9. The molecule has 2 aliphatic rings. The highest BCUT2D eigenvalue weighted by Crippen LogP contribution is 2.34. The molecule has 0 spiro atoms. The van der Waals surface area contributed by atoms with E-state index in [1.165, 1.54) is 4.90 Å². The zero-order chi connectivity index (χ0) is 20.7. The van der Waals surface area contributed by atoms with Gasteiger partial charge >= 0.3 is 0 Å². The second-order valence-corrected chi connectivity index (χ2v) is 10.3. The van der Waals surface area contributed by atoms with Gasteiger partial charge in [0, 0.05) is 23.3 Å². The van der Waals surface area contributed by atoms with Crippen molar-refractivity contribution < 1.29 is 18.0 Å². The number of carbonyl (C=O) groups is 2. The fourth-order valence-electron chi connectivity index (χ4n) is 4.01. The number of benzene rings is 1. The van der Waals surface area contributed by atoms with E-state index in [4.69, 9.17) is 11.6 Å². The van der Waals surface area contributed by atoms with Gasteiger partial charge in [-0.25, -0.2) is 8.42 Å². The summed E-state index contributed by atoms with van der Waals surface area (Å²) in [7, 11) is -3.63. The molecule has 0 bridgehead atoms. The summed E-state index contributed by atoms with van der Waals surface area (Å²) >= 11 is 6.15. The van der Waals surface area contributed by atoms with Gasteiger partial charge in [0.15, 0.2) is 0 Å². The van der Waals surface area contributed by atoms with Gasteiger partial charge in [0.1, 0.15) is 5.54 Å². The van der Waals surface area contributed by atoms with Gasteiger partial charge in [-0.05, 0) is 44.4 Å². The summed E-state index contributed by atoms with van der Waals surface area (Å²) < 4.78 is 25.4. The molecule has 28 heavy (non-hydrogen) atoms. The number of hydrogen-bond donors (Lipinski definition) is 1. The predicted octanol–water partition coefficient (Wildman–Crippen LogP) is 2.07. The van der Waals surface area contributed by atoms with E-state index in [1.54, 1.807) is 25.1 Å². The Balaban J connectivity index is 2.05. The van der Waals surface area contributed by atoms with Crippen molar-refractivity contribution >= 4 is 39.1 Å². The Morgan fingerprint density at radius 3 is 2.54 bits per heavy atom. The van der Waals surface area contributed by atoms with Crippen molar-refractivity contribution in [3.8, 4) is 0 Å². The number of sulfonamides is 1. The Labute approximate surface area is 171 Å². The van der Waals surface area contributed by atoms with Crippen LogP contribution in [0.1, 0.15) is 38.2 Å². The quantitative estimate of drug-likeness (QED) is 0.796. The number of nitrogens with one attached hydrogen (secondary N) is 1. The predicted molar refractivity (Wildman–Crippen MR) is 109 cm³/mol. The highest BCUT2D eigenvalue weighted by atomic mass is 35.5. The van der Waals surface area contributed by atoms with Gasteiger partial charge in [0.25, 0.3) is 0 Å². The molecule has 1 saturated carbocycles. The van der Waals surface area contributed by atoms with E-state index >= 15 is 0 Å². The van der Waals surface area contributed by atoms with E-state index in [-0.39, 0.29) is 25.0 Å². The molecule has 1 aromatic rings. The molecular weight excluding hydrogens is 402 g/mol. The van der Waals surface area contributed by atoms with Crippen molar-refractivity contribution in [3.63, 3.8) is 0 Å². The van der Waals surface area contributed by atoms with Gasteiger partial charge in [-0.1, -0.05) is 30.5 Å². The van der Waals surface area contributed by atoms with Crippen molar-refractivity contribution in [2.45, 2.75) is 51.1 Å². The first kappa shape index (κ1) is 21.1. The Hall–Kier alpha value is -1.64. The maximum Gasteiger partial charge on any atom is 0.247 e. The molecule has 1 N–H and O–H groups in total. The molecule has 7 nitrogen and oxygen atoms in total. The van der Waals surface area contributed by atoms with Crippen LogP contribution < -0.4 is 10.2 Å². The molecule has 9 heteroatoms. The molecule has 2 amide bonds. The highest BCUT2D eigenvalue weighted by Gasteiger charge is 2.51. The number of hydrogen-bond acceptors (Lipinski definition) is 4. The van der Waals surface area contributed by atoms with Crippen LogP contribution in [0.25, 0.3) is 0 Å². The van der Waals surface area contributed by atoms with E-state index in [2.05, 4.69) is 5.32 Å². The van der Waals surface area contributed by atoms with Gasteiger partial charge in [-0.3, -0.25) is 14.5 Å². The smallest absolute Gasteiger partial charge is 0.247 e. The minimum atomic E-state index is -3.63. The third-order valence-electron chi connectivity index (χ3n) is 5.60. The van der Waals surface area contributed by atoms with Crippen molar-refractivity contribution in [2.75, 3.05) is 24.2 Å². The standard InChI is InChI=1S/C19H26ClN3O4S/c1-13-8-9-14(20)10-16(13)23-17(24)11-22(28(3,26)27)12-19(23,2)18(25)21-15-6-4-5-7-15/h8-10,15H,4-7,11-12H2,1-3H3,(H,21,25). The van der Waals surface area contributed by atoms with Crippen molar-refractivity contribution in [1.29, 1.82) is 0 Å². The van der Waals surface area contributed by atoms with Gasteiger partial charge < -0.3 is 5.32 Å². The lowest BCUT2D eigenvalue weighted by molar-refractivity contribution is -0.133. The van der Waals surface area contributed by atoms with Crippen molar-refractivity contribution in [3.05, 3.63) is 28.8 Å². The van der Waals surface area contributed by atoms with E-state index in [9.17, 15) is 18.0 Å². The summed E-state index contributed by atoms with van der Waals surface area (Å²) in [6.45, 7) is 3.03. The third-order valence-corrected chi connectivity index (χ3v) is 7.03. The first-order valence-corrected chi connectivity index (χ1v) is 11.6.